The second-order valence-electron chi connectivity index (χ2n) is 11.4. The summed E-state index contributed by atoms with van der Waals surface area (Å²) in [5.74, 6) is 0. The monoisotopic (exact) mass is 623 g/mol. The van der Waals surface area contributed by atoms with Gasteiger partial charge in [-0.2, -0.15) is 0 Å². The predicted molar refractivity (Wildman–Crippen MR) is 202 cm³/mol. The number of hydrogen-bond acceptors (Lipinski definition) is 2. The largest absolute Gasteiger partial charge is 0.455 e. The molecule has 0 fully saturated rings. The van der Waals surface area contributed by atoms with Gasteiger partial charge in [-0.25, -0.2) is 0 Å². The summed E-state index contributed by atoms with van der Waals surface area (Å²) in [5.41, 5.74) is 7.01. The van der Waals surface area contributed by atoms with E-state index in [0.29, 0.717) is 16.7 Å². The summed E-state index contributed by atoms with van der Waals surface area (Å²) >= 11 is 0. The van der Waals surface area contributed by atoms with Crippen molar-refractivity contribution in [2.45, 2.75) is 0 Å². The van der Waals surface area contributed by atoms with Crippen LogP contribution in [-0.4, -0.2) is 0 Å². The smallest absolute Gasteiger partial charge is 0.143 e. The van der Waals surface area contributed by atoms with E-state index in [9.17, 15) is 0 Å². The molecular weight excluding hydrogens is 583 g/mol. The number of rotatable bonds is 6. The quantitative estimate of drug-likeness (QED) is 0.183. The molecular formula is C46H31NO. The standard InChI is InChI=1S/C46H31NO/c1-4-12-32(13-5-1)34-20-25-39(26-21-34)47(38-16-8-3-9-17-38)40-27-22-35(23-28-40)43-31-37-30-36(33-14-6-2-7-15-33)24-29-41(37)46-45(43)42-18-10-11-19-44(42)48-46/h1-31H/i1D,2D,4D,5D,6D,7D,12D,13D,14D,15D. The van der Waals surface area contributed by atoms with Gasteiger partial charge in [-0.1, -0.05) is 127 Å². The average molecular weight is 624 g/mol. The lowest BCUT2D eigenvalue weighted by Gasteiger charge is -2.26. The Labute approximate surface area is 293 Å². The van der Waals surface area contributed by atoms with E-state index in [0.717, 1.165) is 55.3 Å². The second kappa shape index (κ2) is 11.8. The van der Waals surface area contributed by atoms with Crippen LogP contribution < -0.4 is 4.90 Å². The molecule has 0 amide bonds. The average Bonchev–Trinajstić information content (AvgIpc) is 3.65. The lowest BCUT2D eigenvalue weighted by Crippen LogP contribution is -2.09. The van der Waals surface area contributed by atoms with Gasteiger partial charge in [0, 0.05) is 33.2 Å². The van der Waals surface area contributed by atoms with E-state index in [1.807, 2.05) is 103 Å². The Bertz CT molecular complexity index is 3050. The predicted octanol–water partition coefficient (Wildman–Crippen LogP) is 13.2. The fourth-order valence-corrected chi connectivity index (χ4v) is 6.38. The Kier molecular flexibility index (Phi) is 4.74. The van der Waals surface area contributed by atoms with E-state index in [2.05, 4.69) is 11.0 Å². The molecule has 0 N–H and O–H groups in total. The van der Waals surface area contributed by atoms with Gasteiger partial charge in [-0.15, -0.1) is 0 Å². The summed E-state index contributed by atoms with van der Waals surface area (Å²) < 4.78 is 89.5. The highest BCUT2D eigenvalue weighted by atomic mass is 16.3. The van der Waals surface area contributed by atoms with Crippen LogP contribution in [0.5, 0.6) is 0 Å². The fourth-order valence-electron chi connectivity index (χ4n) is 6.38. The number of benzene rings is 8. The Hall–Kier alpha value is -6.38. The van der Waals surface area contributed by atoms with Gasteiger partial charge in [0.15, 0.2) is 0 Å². The van der Waals surface area contributed by atoms with Crippen LogP contribution in [0.25, 0.3) is 66.1 Å². The highest BCUT2D eigenvalue weighted by Crippen LogP contribution is 2.43. The minimum Gasteiger partial charge on any atom is -0.455 e. The van der Waals surface area contributed by atoms with Gasteiger partial charge in [0.2, 0.25) is 0 Å². The van der Waals surface area contributed by atoms with E-state index in [-0.39, 0.29) is 59.5 Å². The maximum absolute atomic E-state index is 8.60. The molecule has 2 nitrogen and oxygen atoms in total. The summed E-state index contributed by atoms with van der Waals surface area (Å²) in [6.07, 6.45) is 0. The number of fused-ring (bicyclic) bond motifs is 5. The zero-order valence-corrected chi connectivity index (χ0v) is 25.5. The minimum atomic E-state index is -0.439. The third-order valence-corrected chi connectivity index (χ3v) is 8.61. The summed E-state index contributed by atoms with van der Waals surface area (Å²) in [4.78, 5) is 2.07. The highest BCUT2D eigenvalue weighted by molar-refractivity contribution is 6.21. The van der Waals surface area contributed by atoms with Gasteiger partial charge in [0.25, 0.3) is 0 Å². The third kappa shape index (κ3) is 4.92. The zero-order valence-electron chi connectivity index (χ0n) is 35.5. The minimum absolute atomic E-state index is 0.130. The molecule has 0 atom stereocenters. The molecule has 48 heavy (non-hydrogen) atoms. The van der Waals surface area contributed by atoms with Crippen LogP contribution in [0.3, 0.4) is 0 Å². The first-order valence-corrected chi connectivity index (χ1v) is 15.5. The van der Waals surface area contributed by atoms with Crippen molar-refractivity contribution >= 4 is 49.8 Å². The van der Waals surface area contributed by atoms with Crippen molar-refractivity contribution in [3.8, 4) is 33.4 Å². The van der Waals surface area contributed by atoms with E-state index in [4.69, 9.17) is 18.1 Å². The second-order valence-corrected chi connectivity index (χ2v) is 11.4. The van der Waals surface area contributed by atoms with Gasteiger partial charge in [-0.05, 0) is 99.4 Å². The van der Waals surface area contributed by atoms with Crippen molar-refractivity contribution in [1.29, 1.82) is 0 Å². The summed E-state index contributed by atoms with van der Waals surface area (Å²) in [6.45, 7) is 0. The number of anilines is 3. The molecule has 226 valence electrons. The number of para-hydroxylation sites is 2. The molecule has 0 aliphatic rings. The first-order chi connectivity index (χ1) is 27.9. The Balaban J connectivity index is 1.18. The summed E-state index contributed by atoms with van der Waals surface area (Å²) in [7, 11) is 0. The molecule has 0 radical (unpaired) electrons. The van der Waals surface area contributed by atoms with Crippen molar-refractivity contribution in [2.75, 3.05) is 4.90 Å². The number of furan rings is 1. The maximum Gasteiger partial charge on any atom is 0.143 e. The van der Waals surface area contributed by atoms with Crippen molar-refractivity contribution in [3.05, 3.63) is 188 Å². The SMILES string of the molecule is [2H]c1c([2H])c([2H])c(-c2ccc(N(c3ccccc3)c3ccc(-c4cc5cc(-c6c([2H])c([2H])c([2H])c([2H])c6[2H])ccc5c5oc6ccccc6c45)cc3)cc2)c([2H])c1[2H]. The molecule has 9 rings (SSSR count). The molecule has 2 heteroatoms. The van der Waals surface area contributed by atoms with Crippen LogP contribution in [-0.2, 0) is 0 Å². The topological polar surface area (TPSA) is 16.4 Å². The molecule has 0 aliphatic heterocycles. The lowest BCUT2D eigenvalue weighted by atomic mass is 9.93. The van der Waals surface area contributed by atoms with Gasteiger partial charge >= 0.3 is 0 Å². The first kappa shape index (κ1) is 19.3. The van der Waals surface area contributed by atoms with Gasteiger partial charge in [0.05, 0.1) is 13.7 Å². The third-order valence-electron chi connectivity index (χ3n) is 8.61. The molecule has 0 spiro atoms. The van der Waals surface area contributed by atoms with Crippen LogP contribution >= 0.6 is 0 Å². The van der Waals surface area contributed by atoms with Crippen LogP contribution in [0, 0.1) is 0 Å². The molecule has 8 aromatic carbocycles. The molecule has 0 saturated heterocycles. The normalized spacial score (nSPS) is 14.2. The van der Waals surface area contributed by atoms with Crippen molar-refractivity contribution in [2.24, 2.45) is 0 Å². The molecule has 9 aromatic rings. The lowest BCUT2D eigenvalue weighted by molar-refractivity contribution is 0.673. The number of hydrogen-bond donors (Lipinski definition) is 0. The molecule has 0 unspecified atom stereocenters. The van der Waals surface area contributed by atoms with Crippen LogP contribution in [0.4, 0.5) is 17.1 Å². The van der Waals surface area contributed by atoms with E-state index < -0.39 is 12.1 Å². The van der Waals surface area contributed by atoms with Gasteiger partial charge in [-0.3, -0.25) is 0 Å². The van der Waals surface area contributed by atoms with Crippen LogP contribution in [0.2, 0.25) is 0 Å². The van der Waals surface area contributed by atoms with Crippen LogP contribution in [0.1, 0.15) is 13.7 Å². The molecule has 0 saturated carbocycles. The van der Waals surface area contributed by atoms with Crippen molar-refractivity contribution < 1.29 is 18.1 Å². The Morgan fingerprint density at radius 1 is 0.438 bits per heavy atom. The van der Waals surface area contributed by atoms with Crippen molar-refractivity contribution in [1.82, 2.24) is 0 Å². The van der Waals surface area contributed by atoms with E-state index in [1.165, 1.54) is 0 Å². The summed E-state index contributed by atoms with van der Waals surface area (Å²) in [5, 5.41) is 3.47. The van der Waals surface area contributed by atoms with E-state index >= 15 is 0 Å². The molecule has 0 bridgehead atoms. The zero-order chi connectivity index (χ0) is 40.6. The van der Waals surface area contributed by atoms with Gasteiger partial charge in [0.1, 0.15) is 11.2 Å². The van der Waals surface area contributed by atoms with Crippen LogP contribution in [0.15, 0.2) is 192 Å². The van der Waals surface area contributed by atoms with Crippen molar-refractivity contribution in [3.63, 3.8) is 0 Å². The maximum atomic E-state index is 8.60. The molecule has 1 aromatic heterocycles. The van der Waals surface area contributed by atoms with E-state index in [1.54, 1.807) is 18.2 Å². The highest BCUT2D eigenvalue weighted by Gasteiger charge is 2.18. The van der Waals surface area contributed by atoms with Gasteiger partial charge < -0.3 is 9.32 Å². The summed E-state index contributed by atoms with van der Waals surface area (Å²) in [6, 6.07) is 37.1. The Morgan fingerprint density at radius 2 is 1.00 bits per heavy atom. The fraction of sp³-hybridized carbons (Fsp3) is 0. The molecule has 0 aliphatic carbocycles. The number of nitrogens with zero attached hydrogens (tertiary/aromatic N) is 1. The molecule has 1 heterocycles. The Morgan fingerprint density at radius 3 is 1.69 bits per heavy atom. The first-order valence-electron chi connectivity index (χ1n) is 20.5.